The number of hydrogen-bond acceptors (Lipinski definition) is 4. The van der Waals surface area contributed by atoms with Crippen LogP contribution in [0.25, 0.3) is 54.9 Å². The number of halogens is 3. The summed E-state index contributed by atoms with van der Waals surface area (Å²) in [5.41, 5.74) is 23.9. The Morgan fingerprint density at radius 2 is 0.622 bits per heavy atom. The minimum atomic E-state index is -0.470. The maximum Gasteiger partial charge on any atom is 0.569 e. The summed E-state index contributed by atoms with van der Waals surface area (Å²) in [6.07, 6.45) is 0. The van der Waals surface area contributed by atoms with E-state index in [1.165, 1.54) is 100 Å². The molecule has 0 bridgehead atoms. The van der Waals surface area contributed by atoms with E-state index in [1.807, 2.05) is 36.4 Å². The number of nitrogens with zero attached hydrogens (tertiary/aromatic N) is 2. The largest absolute Gasteiger partial charge is 0.569 e. The molecule has 2 aliphatic heterocycles. The fraction of sp³-hybridized carbons (Fsp3) is 0.0244. The van der Waals surface area contributed by atoms with Crippen LogP contribution in [0.15, 0.2) is 315 Å². The van der Waals surface area contributed by atoms with E-state index in [4.69, 9.17) is 44.5 Å². The maximum atomic E-state index is 8.57. The second-order valence-electron chi connectivity index (χ2n) is 22.8. The summed E-state index contributed by atoms with van der Waals surface area (Å²) in [4.78, 5) is 4.81. The van der Waals surface area contributed by atoms with E-state index in [0.29, 0.717) is 18.5 Å². The molecule has 0 fully saturated rings. The molecule has 4 nitrogen and oxygen atoms in total. The highest BCUT2D eigenvalue weighted by atomic mass is 35.5. The first-order valence-corrected chi connectivity index (χ1v) is 31.2. The maximum absolute atomic E-state index is 8.57. The molecule has 14 aromatic rings. The van der Waals surface area contributed by atoms with Crippen molar-refractivity contribution >= 4 is 98.2 Å². The highest BCUT2D eigenvalue weighted by Crippen LogP contribution is 2.66. The zero-order chi connectivity index (χ0) is 60.5. The van der Waals surface area contributed by atoms with Gasteiger partial charge in [-0.3, -0.25) is 0 Å². The minimum absolute atomic E-state index is 0.421. The molecule has 14 aromatic carbocycles. The van der Waals surface area contributed by atoms with Gasteiger partial charge < -0.3 is 19.5 Å². The molecule has 18 rings (SSSR count). The molecule has 0 aromatic heterocycles. The van der Waals surface area contributed by atoms with Gasteiger partial charge in [-0.25, -0.2) is 0 Å². The number of anilines is 6. The molecule has 0 amide bonds. The molecule has 0 saturated carbocycles. The van der Waals surface area contributed by atoms with Gasteiger partial charge in [0.25, 0.3) is 0 Å². The van der Waals surface area contributed by atoms with Crippen LogP contribution in [0.3, 0.4) is 0 Å². The SMILES string of the molecule is Clc1ccc(-c2cccc3c2-c2ccccc2C32c3ccccc3N(c3ccccc3)c3ccccc32)c2ccccc12.Clc1cccc2c1-c1ccccc1C21c2ccccc2N(c2ccccc2)c2ccccc21.O[B]Oc1ccc(Cl)c2ccccc12. The van der Waals surface area contributed by atoms with E-state index in [0.717, 1.165) is 43.1 Å². The van der Waals surface area contributed by atoms with Gasteiger partial charge in [0.15, 0.2) is 0 Å². The summed E-state index contributed by atoms with van der Waals surface area (Å²) in [7, 11) is 0.662. The van der Waals surface area contributed by atoms with E-state index in [-0.39, 0.29) is 0 Å². The lowest BCUT2D eigenvalue weighted by atomic mass is 9.64. The number of rotatable bonds is 5. The molecule has 2 aliphatic carbocycles. The molecular formula is C82H53BCl3N2O2. The number of hydrogen-bond donors (Lipinski definition) is 1. The van der Waals surface area contributed by atoms with E-state index in [2.05, 4.69) is 277 Å². The van der Waals surface area contributed by atoms with Gasteiger partial charge in [0.2, 0.25) is 0 Å². The van der Waals surface area contributed by atoms with Gasteiger partial charge in [-0.1, -0.05) is 277 Å². The number of fused-ring (bicyclic) bond motifs is 20. The number of benzene rings is 14. The van der Waals surface area contributed by atoms with Gasteiger partial charge >= 0.3 is 7.69 Å². The Kier molecular flexibility index (Phi) is 13.8. The van der Waals surface area contributed by atoms with Crippen LogP contribution in [0.1, 0.15) is 44.5 Å². The Hall–Kier alpha value is -10.1. The molecule has 1 N–H and O–H groups in total. The van der Waals surface area contributed by atoms with Crippen molar-refractivity contribution < 1.29 is 9.68 Å². The van der Waals surface area contributed by atoms with Crippen LogP contribution >= 0.6 is 34.8 Å². The molecule has 427 valence electrons. The Labute approximate surface area is 539 Å². The molecule has 0 atom stereocenters. The summed E-state index contributed by atoms with van der Waals surface area (Å²) < 4.78 is 4.95. The Bertz CT molecular complexity index is 5040. The zero-order valence-corrected chi connectivity index (χ0v) is 50.8. The van der Waals surface area contributed by atoms with Gasteiger partial charge in [0, 0.05) is 48.2 Å². The molecule has 2 spiro atoms. The molecule has 2 heterocycles. The van der Waals surface area contributed by atoms with E-state index in [1.54, 1.807) is 12.1 Å². The lowest BCUT2D eigenvalue weighted by molar-refractivity contribution is 0.456. The third-order valence-corrected chi connectivity index (χ3v) is 19.5. The molecule has 0 unspecified atom stereocenters. The lowest BCUT2D eigenvalue weighted by Gasteiger charge is -2.45. The predicted molar refractivity (Wildman–Crippen MR) is 374 cm³/mol. The molecule has 4 aliphatic rings. The van der Waals surface area contributed by atoms with Crippen molar-refractivity contribution in [3.63, 3.8) is 0 Å². The van der Waals surface area contributed by atoms with Gasteiger partial charge in [0.05, 0.1) is 33.6 Å². The Morgan fingerprint density at radius 3 is 1.12 bits per heavy atom. The van der Waals surface area contributed by atoms with E-state index in [9.17, 15) is 0 Å². The summed E-state index contributed by atoms with van der Waals surface area (Å²) >= 11 is 19.6. The zero-order valence-electron chi connectivity index (χ0n) is 48.5. The van der Waals surface area contributed by atoms with Gasteiger partial charge in [-0.05, 0) is 151 Å². The van der Waals surface area contributed by atoms with Crippen LogP contribution in [0, 0.1) is 0 Å². The molecular weight excluding hydrogens is 1160 g/mol. The lowest BCUT2D eigenvalue weighted by Crippen LogP contribution is -2.36. The molecule has 1 radical (unpaired) electrons. The van der Waals surface area contributed by atoms with Gasteiger partial charge in [-0.15, -0.1) is 0 Å². The smallest absolute Gasteiger partial charge is 0.537 e. The first-order chi connectivity index (χ1) is 44.4. The summed E-state index contributed by atoms with van der Waals surface area (Å²) in [6.45, 7) is 0. The standard InChI is InChI=1S/C41H26ClN.C31H20ClN.C10H7BClO2/c42-37-26-25-29(28-15-4-5-16-30(28)37)31-18-12-22-36-40(31)32-17-6-7-19-33(32)41(36)34-20-8-10-23-38(34)43(27-13-2-1-3-14-27)39-24-11-9-21-35(39)41;32-27-18-10-17-26-30(27)22-13-4-5-14-23(22)31(26)24-15-6-8-19-28(24)33(21-11-2-1-3-12-21)29-20-9-7-16-25(29)31;12-9-5-6-10(14-11-13)8-4-2-1-3-7(8)9/h1-26H;1-20H;1-6,13H. The van der Waals surface area contributed by atoms with Crippen molar-refractivity contribution in [2.24, 2.45) is 0 Å². The van der Waals surface area contributed by atoms with Crippen molar-refractivity contribution in [1.82, 2.24) is 0 Å². The second-order valence-corrected chi connectivity index (χ2v) is 24.1. The fourth-order valence-corrected chi connectivity index (χ4v) is 15.8. The van der Waals surface area contributed by atoms with Crippen molar-refractivity contribution in [3.05, 3.63) is 375 Å². The predicted octanol–water partition coefficient (Wildman–Crippen LogP) is 22.2. The number of para-hydroxylation sites is 6. The molecule has 90 heavy (non-hydrogen) atoms. The van der Waals surface area contributed by atoms with Crippen LogP contribution in [0.4, 0.5) is 34.1 Å². The van der Waals surface area contributed by atoms with Gasteiger partial charge in [-0.2, -0.15) is 0 Å². The fourth-order valence-electron chi connectivity index (χ4n) is 15.1. The van der Waals surface area contributed by atoms with Crippen LogP contribution in [-0.4, -0.2) is 12.7 Å². The molecule has 0 saturated heterocycles. The average Bonchev–Trinajstić information content (AvgIpc) is 1.46. The first-order valence-electron chi connectivity index (χ1n) is 30.1. The second kappa shape index (κ2) is 22.5. The quantitative estimate of drug-likeness (QED) is 0.174. The third-order valence-electron chi connectivity index (χ3n) is 18.5. The first kappa shape index (κ1) is 55.2. The average molecular weight is 1220 g/mol. The van der Waals surface area contributed by atoms with Crippen molar-refractivity contribution in [3.8, 4) is 39.1 Å². The normalized spacial score (nSPS) is 13.5. The van der Waals surface area contributed by atoms with Crippen molar-refractivity contribution in [2.45, 2.75) is 10.8 Å². The Morgan fingerprint density at radius 1 is 0.267 bits per heavy atom. The van der Waals surface area contributed by atoms with Crippen LogP contribution in [0.5, 0.6) is 5.75 Å². The van der Waals surface area contributed by atoms with Gasteiger partial charge in [0.1, 0.15) is 5.75 Å². The summed E-state index contributed by atoms with van der Waals surface area (Å²) in [6, 6.07) is 112. The minimum Gasteiger partial charge on any atom is -0.537 e. The van der Waals surface area contributed by atoms with Crippen molar-refractivity contribution in [1.29, 1.82) is 0 Å². The monoisotopic (exact) mass is 1210 g/mol. The van der Waals surface area contributed by atoms with E-state index < -0.39 is 10.8 Å². The Balaban J connectivity index is 0.000000121. The highest BCUT2D eigenvalue weighted by Gasteiger charge is 2.54. The van der Waals surface area contributed by atoms with E-state index >= 15 is 0 Å². The molecule has 8 heteroatoms. The van der Waals surface area contributed by atoms with Crippen LogP contribution in [-0.2, 0) is 10.8 Å². The summed E-state index contributed by atoms with van der Waals surface area (Å²) in [5, 5.41) is 14.9. The van der Waals surface area contributed by atoms with Crippen LogP contribution < -0.4 is 14.5 Å². The van der Waals surface area contributed by atoms with Crippen LogP contribution in [0.2, 0.25) is 15.1 Å². The topological polar surface area (TPSA) is 35.9 Å². The van der Waals surface area contributed by atoms with Crippen molar-refractivity contribution in [2.75, 3.05) is 9.80 Å². The summed E-state index contributed by atoms with van der Waals surface area (Å²) in [5.74, 6) is 0.590. The third kappa shape index (κ3) is 8.35. The highest BCUT2D eigenvalue weighted by molar-refractivity contribution is 6.37.